The van der Waals surface area contributed by atoms with E-state index >= 15 is 0 Å². The number of rotatable bonds is 5. The van der Waals surface area contributed by atoms with Gasteiger partial charge in [0.05, 0.1) is 4.90 Å². The summed E-state index contributed by atoms with van der Waals surface area (Å²) in [6.07, 6.45) is 1.49. The van der Waals surface area contributed by atoms with Crippen LogP contribution >= 0.6 is 11.6 Å². The monoisotopic (exact) mass is 313 g/mol. The number of pyridine rings is 1. The third kappa shape index (κ3) is 3.09. The summed E-state index contributed by atoms with van der Waals surface area (Å²) in [7, 11) is -3.60. The van der Waals surface area contributed by atoms with Crippen LogP contribution in [0.1, 0.15) is 6.92 Å². The van der Waals surface area contributed by atoms with Crippen molar-refractivity contribution < 1.29 is 8.42 Å². The molecule has 0 aliphatic rings. The molecule has 1 unspecified atom stereocenters. The number of aromatic nitrogens is 1. The molecule has 3 N–H and O–H groups in total. The van der Waals surface area contributed by atoms with Crippen molar-refractivity contribution in [2.45, 2.75) is 11.8 Å². The van der Waals surface area contributed by atoms with Gasteiger partial charge in [0.1, 0.15) is 5.15 Å². The number of nitrogens with two attached hydrogens (primary N) is 1. The summed E-state index contributed by atoms with van der Waals surface area (Å²) >= 11 is 5.99. The number of halogens is 1. The van der Waals surface area contributed by atoms with Crippen molar-refractivity contribution in [1.82, 2.24) is 9.71 Å². The molecule has 0 bridgehead atoms. The van der Waals surface area contributed by atoms with Gasteiger partial charge in [-0.2, -0.15) is 0 Å². The number of hydrogen-bond acceptors (Lipinski definition) is 4. The zero-order valence-electron chi connectivity index (χ0n) is 11.0. The lowest BCUT2D eigenvalue weighted by atomic mass is 10.2. The fourth-order valence-corrected chi connectivity index (χ4v) is 3.40. The van der Waals surface area contributed by atoms with Gasteiger partial charge in [0.15, 0.2) is 0 Å². The molecule has 0 fully saturated rings. The molecule has 0 radical (unpaired) electrons. The summed E-state index contributed by atoms with van der Waals surface area (Å²) in [4.78, 5) is 4.15. The van der Waals surface area contributed by atoms with E-state index in [1.54, 1.807) is 24.3 Å². The molecule has 5 nitrogen and oxygen atoms in total. The van der Waals surface area contributed by atoms with Gasteiger partial charge in [-0.25, -0.2) is 18.1 Å². The number of sulfonamides is 1. The molecule has 0 saturated carbocycles. The van der Waals surface area contributed by atoms with E-state index in [2.05, 4.69) is 9.71 Å². The Hall–Kier alpha value is -1.21. The summed E-state index contributed by atoms with van der Waals surface area (Å²) in [6.45, 7) is 2.61. The maximum atomic E-state index is 12.4. The van der Waals surface area contributed by atoms with Crippen LogP contribution in [0.2, 0.25) is 5.15 Å². The van der Waals surface area contributed by atoms with Crippen molar-refractivity contribution in [3.63, 3.8) is 0 Å². The summed E-state index contributed by atoms with van der Waals surface area (Å²) in [5, 5.41) is 1.46. The Morgan fingerprint density at radius 2 is 2.10 bits per heavy atom. The molecule has 2 aromatic rings. The fraction of sp³-hybridized carbons (Fsp3) is 0.308. The minimum Gasteiger partial charge on any atom is -0.330 e. The summed E-state index contributed by atoms with van der Waals surface area (Å²) in [5.41, 5.74) is 5.49. The Labute approximate surface area is 123 Å². The second-order valence-electron chi connectivity index (χ2n) is 4.65. The smallest absolute Gasteiger partial charge is 0.241 e. The van der Waals surface area contributed by atoms with E-state index < -0.39 is 10.0 Å². The third-order valence-electron chi connectivity index (χ3n) is 3.03. The highest BCUT2D eigenvalue weighted by Crippen LogP contribution is 2.26. The zero-order chi connectivity index (χ0) is 14.8. The van der Waals surface area contributed by atoms with Crippen LogP contribution in [0.4, 0.5) is 0 Å². The molecule has 1 aromatic heterocycles. The number of nitrogens with zero attached hydrogens (tertiary/aromatic N) is 1. The molecule has 0 spiro atoms. The molecular weight excluding hydrogens is 298 g/mol. The first-order valence-corrected chi connectivity index (χ1v) is 8.05. The van der Waals surface area contributed by atoms with Gasteiger partial charge in [-0.15, -0.1) is 0 Å². The molecule has 2 rings (SSSR count). The van der Waals surface area contributed by atoms with Crippen LogP contribution in [0.15, 0.2) is 35.4 Å². The summed E-state index contributed by atoms with van der Waals surface area (Å²) in [6, 6.07) is 6.58. The molecule has 7 heteroatoms. The Kier molecular flexibility index (Phi) is 4.59. The van der Waals surface area contributed by atoms with Crippen molar-refractivity contribution in [1.29, 1.82) is 0 Å². The Bertz CT molecular complexity index is 719. The SMILES string of the molecule is CC(CN)CNS(=O)(=O)c1cccc2c(Cl)nccc12. The largest absolute Gasteiger partial charge is 0.330 e. The van der Waals surface area contributed by atoms with E-state index in [1.165, 1.54) is 6.20 Å². The molecular formula is C13H16ClN3O2S. The number of hydrogen-bond donors (Lipinski definition) is 2. The average molecular weight is 314 g/mol. The first-order chi connectivity index (χ1) is 9.45. The van der Waals surface area contributed by atoms with Crippen LogP contribution in [-0.4, -0.2) is 26.5 Å². The van der Waals surface area contributed by atoms with Crippen LogP contribution in [0, 0.1) is 5.92 Å². The molecule has 1 aromatic carbocycles. The second kappa shape index (κ2) is 6.05. The predicted octanol–water partition coefficient (Wildman–Crippen LogP) is 1.76. The van der Waals surface area contributed by atoms with E-state index in [9.17, 15) is 8.42 Å². The van der Waals surface area contributed by atoms with Gasteiger partial charge in [0, 0.05) is 23.5 Å². The van der Waals surface area contributed by atoms with E-state index in [-0.39, 0.29) is 16.0 Å². The Balaban J connectivity index is 2.44. The van der Waals surface area contributed by atoms with E-state index in [1.807, 2.05) is 6.92 Å². The average Bonchev–Trinajstić information content (AvgIpc) is 2.44. The molecule has 0 amide bonds. The maximum Gasteiger partial charge on any atom is 0.241 e. The van der Waals surface area contributed by atoms with Gasteiger partial charge >= 0.3 is 0 Å². The highest BCUT2D eigenvalue weighted by atomic mass is 35.5. The summed E-state index contributed by atoms with van der Waals surface area (Å²) < 4.78 is 27.3. The van der Waals surface area contributed by atoms with Gasteiger partial charge in [-0.3, -0.25) is 0 Å². The zero-order valence-corrected chi connectivity index (χ0v) is 12.6. The highest BCUT2D eigenvalue weighted by molar-refractivity contribution is 7.89. The van der Waals surface area contributed by atoms with Crippen LogP contribution in [-0.2, 0) is 10.0 Å². The molecule has 1 heterocycles. The Morgan fingerprint density at radius 3 is 2.80 bits per heavy atom. The van der Waals surface area contributed by atoms with Gasteiger partial charge < -0.3 is 5.73 Å². The van der Waals surface area contributed by atoms with Gasteiger partial charge in [0.25, 0.3) is 0 Å². The maximum absolute atomic E-state index is 12.4. The van der Waals surface area contributed by atoms with Gasteiger partial charge in [-0.1, -0.05) is 30.7 Å². The van der Waals surface area contributed by atoms with Crippen LogP contribution < -0.4 is 10.5 Å². The van der Waals surface area contributed by atoms with Crippen LogP contribution in [0.25, 0.3) is 10.8 Å². The first kappa shape index (κ1) is 15.2. The van der Waals surface area contributed by atoms with Crippen molar-refractivity contribution >= 4 is 32.4 Å². The van der Waals surface area contributed by atoms with E-state index in [0.717, 1.165) is 0 Å². The van der Waals surface area contributed by atoms with Crippen molar-refractivity contribution in [2.75, 3.05) is 13.1 Å². The topological polar surface area (TPSA) is 85.1 Å². The minimum atomic E-state index is -3.60. The van der Waals surface area contributed by atoms with E-state index in [4.69, 9.17) is 17.3 Å². The lowest BCUT2D eigenvalue weighted by molar-refractivity contribution is 0.545. The molecule has 0 aliphatic heterocycles. The number of nitrogens with one attached hydrogen (secondary N) is 1. The van der Waals surface area contributed by atoms with Crippen molar-refractivity contribution in [3.8, 4) is 0 Å². The van der Waals surface area contributed by atoms with Crippen molar-refractivity contribution in [2.24, 2.45) is 11.7 Å². The normalized spacial score (nSPS) is 13.6. The summed E-state index contributed by atoms with van der Waals surface area (Å²) in [5.74, 6) is 0.0741. The molecule has 108 valence electrons. The molecule has 0 aliphatic carbocycles. The van der Waals surface area contributed by atoms with Gasteiger partial charge in [-0.05, 0) is 24.6 Å². The third-order valence-corrected chi connectivity index (χ3v) is 4.81. The quantitative estimate of drug-likeness (QED) is 0.824. The predicted molar refractivity (Wildman–Crippen MR) is 80.2 cm³/mol. The standard InChI is InChI=1S/C13H16ClN3O2S/c1-9(7-15)8-17-20(18,19)12-4-2-3-11-10(12)5-6-16-13(11)14/h2-6,9,17H,7-8,15H2,1H3. The number of fused-ring (bicyclic) bond motifs is 1. The fourth-order valence-electron chi connectivity index (χ4n) is 1.79. The molecule has 1 atom stereocenters. The minimum absolute atomic E-state index is 0.0741. The lowest BCUT2D eigenvalue weighted by Crippen LogP contribution is -2.31. The van der Waals surface area contributed by atoms with Crippen LogP contribution in [0.5, 0.6) is 0 Å². The Morgan fingerprint density at radius 1 is 1.35 bits per heavy atom. The molecule has 0 saturated heterocycles. The van der Waals surface area contributed by atoms with E-state index in [0.29, 0.717) is 23.9 Å². The van der Waals surface area contributed by atoms with Crippen molar-refractivity contribution in [3.05, 3.63) is 35.6 Å². The van der Waals surface area contributed by atoms with Gasteiger partial charge in [0.2, 0.25) is 10.0 Å². The van der Waals surface area contributed by atoms with Crippen LogP contribution in [0.3, 0.4) is 0 Å². The lowest BCUT2D eigenvalue weighted by Gasteiger charge is -2.12. The number of benzene rings is 1. The highest BCUT2D eigenvalue weighted by Gasteiger charge is 2.18. The first-order valence-electron chi connectivity index (χ1n) is 6.18. The second-order valence-corrected chi connectivity index (χ2v) is 6.74. The molecule has 20 heavy (non-hydrogen) atoms.